The zero-order valence-electron chi connectivity index (χ0n) is 21.8. The third kappa shape index (κ3) is 5.79. The first-order valence-corrected chi connectivity index (χ1v) is 13.0. The Hall–Kier alpha value is -3.81. The van der Waals surface area contributed by atoms with Crippen LogP contribution in [0.15, 0.2) is 66.2 Å². The van der Waals surface area contributed by atoms with Crippen LogP contribution >= 0.6 is 23.2 Å². The van der Waals surface area contributed by atoms with Crippen LogP contribution in [0.3, 0.4) is 0 Å². The smallest absolute Gasteiger partial charge is 0.310 e. The first-order valence-electron chi connectivity index (χ1n) is 12.2. The van der Waals surface area contributed by atoms with E-state index in [1.807, 2.05) is 25.1 Å². The lowest BCUT2D eigenvalue weighted by Crippen LogP contribution is -2.29. The monoisotopic (exact) mass is 567 g/mol. The van der Waals surface area contributed by atoms with Crippen LogP contribution in [0.2, 0.25) is 10.0 Å². The Morgan fingerprint density at radius 3 is 2.23 bits per heavy atom. The molecular weight excluding hydrogens is 541 g/mol. The summed E-state index contributed by atoms with van der Waals surface area (Å²) in [5, 5.41) is 11.6. The molecule has 0 bridgehead atoms. The lowest BCUT2D eigenvalue weighted by Gasteiger charge is -2.26. The van der Waals surface area contributed by atoms with Gasteiger partial charge in [-0.05, 0) is 56.2 Å². The highest BCUT2D eigenvalue weighted by atomic mass is 35.5. The first-order chi connectivity index (χ1) is 18.5. The Balaban J connectivity index is 1.82. The summed E-state index contributed by atoms with van der Waals surface area (Å²) in [7, 11) is 1.41. The van der Waals surface area contributed by atoms with Gasteiger partial charge in [-0.25, -0.2) is 0 Å². The van der Waals surface area contributed by atoms with Gasteiger partial charge in [-0.3, -0.25) is 19.3 Å². The van der Waals surface area contributed by atoms with E-state index in [4.69, 9.17) is 32.7 Å². The van der Waals surface area contributed by atoms with Gasteiger partial charge in [0.25, 0.3) is 11.7 Å². The minimum absolute atomic E-state index is 0.0670. The Morgan fingerprint density at radius 1 is 1.03 bits per heavy atom. The molecule has 1 unspecified atom stereocenters. The van der Waals surface area contributed by atoms with Gasteiger partial charge in [0.2, 0.25) is 0 Å². The number of aryl methyl sites for hydroxylation is 1. The van der Waals surface area contributed by atoms with E-state index in [0.717, 1.165) is 5.56 Å². The summed E-state index contributed by atoms with van der Waals surface area (Å²) in [5.41, 5.74) is 2.72. The highest BCUT2D eigenvalue weighted by molar-refractivity contribution is 6.51. The Kier molecular flexibility index (Phi) is 8.33. The molecule has 1 N–H and O–H groups in total. The van der Waals surface area contributed by atoms with Crippen molar-refractivity contribution in [2.45, 2.75) is 39.3 Å². The van der Waals surface area contributed by atoms with Crippen LogP contribution in [0.25, 0.3) is 5.76 Å². The summed E-state index contributed by atoms with van der Waals surface area (Å²) >= 11 is 12.6. The van der Waals surface area contributed by atoms with Crippen LogP contribution < -0.4 is 9.64 Å². The standard InChI is InChI=1S/C30H27Cl2NO6/c1-16(2)39-24(34)13-18-8-10-21(11-9-18)33-26(19-7-5-6-17(3)12-19)25(28(36)30(33)37)27(35)20-14-22(31)29(38-4)23(32)15-20/h5-12,14-16,26,35H,13H2,1-4H3/b27-25+. The molecule has 3 aromatic carbocycles. The average molecular weight is 568 g/mol. The maximum absolute atomic E-state index is 13.4. The fraction of sp³-hybridized carbons (Fsp3) is 0.233. The molecule has 1 aliphatic heterocycles. The van der Waals surface area contributed by atoms with Gasteiger partial charge in [0, 0.05) is 11.3 Å². The average Bonchev–Trinajstić information content (AvgIpc) is 3.13. The van der Waals surface area contributed by atoms with Gasteiger partial charge in [0.05, 0.1) is 41.3 Å². The number of aliphatic hydroxyl groups excluding tert-OH is 1. The molecule has 1 saturated heterocycles. The fourth-order valence-electron chi connectivity index (χ4n) is 4.55. The number of hydrogen-bond acceptors (Lipinski definition) is 6. The number of methoxy groups -OCH3 is 1. The quantitative estimate of drug-likeness (QED) is 0.153. The van der Waals surface area contributed by atoms with Gasteiger partial charge in [-0.15, -0.1) is 0 Å². The molecule has 39 heavy (non-hydrogen) atoms. The molecular formula is C30H27Cl2NO6. The lowest BCUT2D eigenvalue weighted by molar-refractivity contribution is -0.146. The number of benzene rings is 3. The van der Waals surface area contributed by atoms with E-state index in [0.29, 0.717) is 16.8 Å². The molecule has 1 atom stereocenters. The summed E-state index contributed by atoms with van der Waals surface area (Å²) in [4.78, 5) is 40.3. The van der Waals surface area contributed by atoms with Crippen molar-refractivity contribution in [3.63, 3.8) is 0 Å². The summed E-state index contributed by atoms with van der Waals surface area (Å²) in [6.45, 7) is 5.44. The van der Waals surface area contributed by atoms with Crippen molar-refractivity contribution in [3.8, 4) is 5.75 Å². The second-order valence-corrected chi connectivity index (χ2v) is 10.3. The second kappa shape index (κ2) is 11.5. The zero-order valence-corrected chi connectivity index (χ0v) is 23.3. The topological polar surface area (TPSA) is 93.1 Å². The minimum atomic E-state index is -0.929. The molecule has 1 aliphatic rings. The fourth-order valence-corrected chi connectivity index (χ4v) is 5.19. The minimum Gasteiger partial charge on any atom is -0.507 e. The van der Waals surface area contributed by atoms with Crippen LogP contribution in [0.1, 0.15) is 42.1 Å². The van der Waals surface area contributed by atoms with Crippen molar-refractivity contribution in [2.24, 2.45) is 0 Å². The van der Waals surface area contributed by atoms with Gasteiger partial charge in [-0.1, -0.05) is 65.2 Å². The van der Waals surface area contributed by atoms with E-state index in [2.05, 4.69) is 0 Å². The SMILES string of the molecule is COc1c(Cl)cc(/C(O)=C2\C(=O)C(=O)N(c3ccc(CC(=O)OC(C)C)cc3)C2c2cccc(C)c2)cc1Cl. The maximum Gasteiger partial charge on any atom is 0.310 e. The predicted molar refractivity (Wildman–Crippen MR) is 150 cm³/mol. The molecule has 202 valence electrons. The number of ether oxygens (including phenoxy) is 2. The number of aliphatic hydroxyl groups is 1. The number of hydrogen-bond donors (Lipinski definition) is 1. The number of Topliss-reactive ketones (excluding diaryl/α,β-unsaturated/α-hetero) is 1. The van der Waals surface area contributed by atoms with E-state index in [9.17, 15) is 19.5 Å². The number of amides is 1. The maximum atomic E-state index is 13.4. The summed E-state index contributed by atoms with van der Waals surface area (Å²) in [6, 6.07) is 16.0. The van der Waals surface area contributed by atoms with E-state index in [-0.39, 0.29) is 45.4 Å². The third-order valence-corrected chi connectivity index (χ3v) is 6.77. The largest absolute Gasteiger partial charge is 0.507 e. The summed E-state index contributed by atoms with van der Waals surface area (Å²) in [5.74, 6) is -2.22. The van der Waals surface area contributed by atoms with Crippen LogP contribution in [0, 0.1) is 6.92 Å². The molecule has 0 aliphatic carbocycles. The number of rotatable bonds is 7. The molecule has 0 spiro atoms. The number of carbonyl (C=O) groups excluding carboxylic acids is 3. The predicted octanol–water partition coefficient (Wildman–Crippen LogP) is 6.43. The lowest BCUT2D eigenvalue weighted by atomic mass is 9.94. The van der Waals surface area contributed by atoms with E-state index in [1.54, 1.807) is 44.2 Å². The van der Waals surface area contributed by atoms with Gasteiger partial charge < -0.3 is 14.6 Å². The van der Waals surface area contributed by atoms with Crippen LogP contribution in [0.5, 0.6) is 5.75 Å². The van der Waals surface area contributed by atoms with E-state index in [1.165, 1.54) is 24.1 Å². The van der Waals surface area contributed by atoms with Gasteiger partial charge in [0.1, 0.15) is 5.76 Å². The highest BCUT2D eigenvalue weighted by Crippen LogP contribution is 2.44. The van der Waals surface area contributed by atoms with Gasteiger partial charge >= 0.3 is 5.97 Å². The first kappa shape index (κ1) is 28.2. The molecule has 7 nitrogen and oxygen atoms in total. The van der Waals surface area contributed by atoms with Crippen molar-refractivity contribution in [1.82, 2.24) is 0 Å². The second-order valence-electron chi connectivity index (χ2n) is 9.44. The normalized spacial score (nSPS) is 16.6. The molecule has 0 saturated carbocycles. The number of halogens is 2. The number of esters is 1. The van der Waals surface area contributed by atoms with Crippen molar-refractivity contribution < 1.29 is 29.0 Å². The number of anilines is 1. The van der Waals surface area contributed by atoms with Gasteiger partial charge in [-0.2, -0.15) is 0 Å². The zero-order chi connectivity index (χ0) is 28.4. The highest BCUT2D eigenvalue weighted by Gasteiger charge is 2.47. The molecule has 0 radical (unpaired) electrons. The Labute approximate surface area is 236 Å². The molecule has 3 aromatic rings. The van der Waals surface area contributed by atoms with Crippen LogP contribution in [0.4, 0.5) is 5.69 Å². The number of ketones is 1. The van der Waals surface area contributed by atoms with Gasteiger partial charge in [0.15, 0.2) is 5.75 Å². The third-order valence-electron chi connectivity index (χ3n) is 6.21. The number of nitrogens with zero attached hydrogens (tertiary/aromatic N) is 1. The van der Waals surface area contributed by atoms with E-state index < -0.39 is 23.5 Å². The molecule has 9 heteroatoms. The van der Waals surface area contributed by atoms with Crippen molar-refractivity contribution in [2.75, 3.05) is 12.0 Å². The van der Waals surface area contributed by atoms with Crippen molar-refractivity contribution in [3.05, 3.63) is 98.5 Å². The molecule has 0 aromatic heterocycles. The van der Waals surface area contributed by atoms with Crippen molar-refractivity contribution in [1.29, 1.82) is 0 Å². The molecule has 4 rings (SSSR count). The molecule has 1 heterocycles. The van der Waals surface area contributed by atoms with Crippen molar-refractivity contribution >= 4 is 52.3 Å². The molecule has 1 amide bonds. The number of carbonyl (C=O) groups is 3. The van der Waals surface area contributed by atoms with Crippen LogP contribution in [-0.2, 0) is 25.5 Å². The summed E-state index contributed by atoms with van der Waals surface area (Å²) < 4.78 is 10.4. The Bertz CT molecular complexity index is 1460. The molecule has 1 fully saturated rings. The Morgan fingerprint density at radius 2 is 1.67 bits per heavy atom. The summed E-state index contributed by atoms with van der Waals surface area (Å²) in [6.07, 6.45) is -0.161. The van der Waals surface area contributed by atoms with Crippen LogP contribution in [-0.4, -0.2) is 36.0 Å². The van der Waals surface area contributed by atoms with E-state index >= 15 is 0 Å².